The van der Waals surface area contributed by atoms with Gasteiger partial charge in [-0.3, -0.25) is 0 Å². The average molecular weight is 279 g/mol. The maximum atomic E-state index is 6.29. The molecule has 2 aromatic rings. The number of methoxy groups -OCH3 is 3. The molecule has 0 saturated carbocycles. The van der Waals surface area contributed by atoms with Crippen LogP contribution in [-0.4, -0.2) is 21.3 Å². The monoisotopic (exact) mass is 279 g/mol. The van der Waals surface area contributed by atoms with Gasteiger partial charge in [-0.05, 0) is 29.1 Å². The molecule has 1 atom stereocenters. The molecule has 1 aromatic heterocycles. The minimum absolute atomic E-state index is 0.241. The largest absolute Gasteiger partial charge is 0.496 e. The van der Waals surface area contributed by atoms with E-state index in [4.69, 9.17) is 19.9 Å². The summed E-state index contributed by atoms with van der Waals surface area (Å²) < 4.78 is 15.8. The highest BCUT2D eigenvalue weighted by Crippen LogP contribution is 2.36. The molecule has 1 unspecified atom stereocenters. The zero-order chi connectivity index (χ0) is 13.8. The van der Waals surface area contributed by atoms with Crippen LogP contribution in [-0.2, 0) is 0 Å². The number of ether oxygens (including phenoxy) is 3. The first-order valence-corrected chi connectivity index (χ1v) is 6.68. The van der Waals surface area contributed by atoms with Gasteiger partial charge in [0.25, 0.3) is 0 Å². The topological polar surface area (TPSA) is 53.7 Å². The third-order valence-corrected chi connectivity index (χ3v) is 3.91. The van der Waals surface area contributed by atoms with Gasteiger partial charge in [0.15, 0.2) is 11.5 Å². The number of hydrogen-bond donors (Lipinski definition) is 1. The van der Waals surface area contributed by atoms with Crippen LogP contribution in [0.1, 0.15) is 16.5 Å². The molecule has 1 heterocycles. The van der Waals surface area contributed by atoms with Crippen molar-refractivity contribution in [1.82, 2.24) is 0 Å². The van der Waals surface area contributed by atoms with Gasteiger partial charge in [0.2, 0.25) is 0 Å². The summed E-state index contributed by atoms with van der Waals surface area (Å²) in [6.07, 6.45) is 0. The summed E-state index contributed by atoms with van der Waals surface area (Å²) >= 11 is 1.58. The van der Waals surface area contributed by atoms with Gasteiger partial charge in [-0.25, -0.2) is 0 Å². The Balaban J connectivity index is 2.36. The van der Waals surface area contributed by atoms with Crippen molar-refractivity contribution in [1.29, 1.82) is 0 Å². The van der Waals surface area contributed by atoms with Crippen LogP contribution in [0.15, 0.2) is 29.6 Å². The van der Waals surface area contributed by atoms with E-state index in [1.165, 1.54) is 0 Å². The van der Waals surface area contributed by atoms with E-state index >= 15 is 0 Å². The molecule has 2 rings (SSSR count). The SMILES string of the molecule is COc1ccc(C(N)c2sccc2OC)cc1OC. The summed E-state index contributed by atoms with van der Waals surface area (Å²) in [6, 6.07) is 7.36. The smallest absolute Gasteiger partial charge is 0.161 e. The molecule has 0 amide bonds. The number of benzene rings is 1. The van der Waals surface area contributed by atoms with Crippen LogP contribution in [0.2, 0.25) is 0 Å². The Morgan fingerprint density at radius 1 is 0.947 bits per heavy atom. The van der Waals surface area contributed by atoms with Crippen LogP contribution in [0.4, 0.5) is 0 Å². The van der Waals surface area contributed by atoms with E-state index < -0.39 is 0 Å². The van der Waals surface area contributed by atoms with E-state index in [9.17, 15) is 0 Å². The summed E-state index contributed by atoms with van der Waals surface area (Å²) in [5.74, 6) is 2.18. The van der Waals surface area contributed by atoms with E-state index in [2.05, 4.69) is 0 Å². The first-order chi connectivity index (χ1) is 9.21. The van der Waals surface area contributed by atoms with Crippen LogP contribution < -0.4 is 19.9 Å². The molecule has 0 aliphatic carbocycles. The third kappa shape index (κ3) is 2.67. The van der Waals surface area contributed by atoms with E-state index in [0.29, 0.717) is 11.5 Å². The minimum Gasteiger partial charge on any atom is -0.496 e. The highest BCUT2D eigenvalue weighted by atomic mass is 32.1. The molecular formula is C14H17NO3S. The summed E-state index contributed by atoms with van der Waals surface area (Å²) in [7, 11) is 4.87. The van der Waals surface area contributed by atoms with Gasteiger partial charge in [-0.2, -0.15) is 0 Å². The Hall–Kier alpha value is -1.72. The van der Waals surface area contributed by atoms with Crippen molar-refractivity contribution in [3.63, 3.8) is 0 Å². The number of thiophene rings is 1. The fourth-order valence-electron chi connectivity index (χ4n) is 1.90. The lowest BCUT2D eigenvalue weighted by atomic mass is 10.1. The first-order valence-electron chi connectivity index (χ1n) is 5.80. The Morgan fingerprint density at radius 2 is 1.63 bits per heavy atom. The zero-order valence-corrected chi connectivity index (χ0v) is 12.0. The molecule has 1 aromatic carbocycles. The summed E-state index contributed by atoms with van der Waals surface area (Å²) in [6.45, 7) is 0. The quantitative estimate of drug-likeness (QED) is 0.914. The zero-order valence-electron chi connectivity index (χ0n) is 11.2. The molecule has 4 nitrogen and oxygen atoms in total. The molecule has 0 bridgehead atoms. The van der Waals surface area contributed by atoms with Crippen LogP contribution in [0.3, 0.4) is 0 Å². The number of hydrogen-bond acceptors (Lipinski definition) is 5. The van der Waals surface area contributed by atoms with Crippen LogP contribution in [0.5, 0.6) is 17.2 Å². The van der Waals surface area contributed by atoms with Gasteiger partial charge in [0, 0.05) is 0 Å². The second-order valence-corrected chi connectivity index (χ2v) is 4.89. The molecule has 0 radical (unpaired) electrons. The van der Waals surface area contributed by atoms with Gasteiger partial charge in [0.05, 0.1) is 32.2 Å². The summed E-state index contributed by atoms with van der Waals surface area (Å²) in [5, 5.41) is 1.97. The van der Waals surface area contributed by atoms with Gasteiger partial charge in [0.1, 0.15) is 5.75 Å². The van der Waals surface area contributed by atoms with Crippen molar-refractivity contribution in [3.8, 4) is 17.2 Å². The van der Waals surface area contributed by atoms with Crippen molar-refractivity contribution in [2.75, 3.05) is 21.3 Å². The molecule has 0 aliphatic rings. The van der Waals surface area contributed by atoms with Crippen molar-refractivity contribution in [3.05, 3.63) is 40.1 Å². The predicted molar refractivity (Wildman–Crippen MR) is 76.4 cm³/mol. The van der Waals surface area contributed by atoms with Crippen LogP contribution in [0.25, 0.3) is 0 Å². The van der Waals surface area contributed by atoms with Crippen molar-refractivity contribution in [2.24, 2.45) is 5.73 Å². The Kier molecular flexibility index (Phi) is 4.29. The normalized spacial score (nSPS) is 12.0. The second-order valence-electron chi connectivity index (χ2n) is 3.95. The van der Waals surface area contributed by atoms with E-state index in [0.717, 1.165) is 16.2 Å². The highest BCUT2D eigenvalue weighted by Gasteiger charge is 2.17. The molecular weight excluding hydrogens is 262 g/mol. The standard InChI is InChI=1S/C14H17NO3S/c1-16-10-5-4-9(8-12(10)18-3)13(15)14-11(17-2)6-7-19-14/h4-8,13H,15H2,1-3H3. The van der Waals surface area contributed by atoms with E-state index in [1.54, 1.807) is 32.7 Å². The maximum absolute atomic E-state index is 6.29. The lowest BCUT2D eigenvalue weighted by Crippen LogP contribution is -2.11. The Morgan fingerprint density at radius 3 is 2.26 bits per heavy atom. The second kappa shape index (κ2) is 5.95. The van der Waals surface area contributed by atoms with Gasteiger partial charge >= 0.3 is 0 Å². The van der Waals surface area contributed by atoms with Gasteiger partial charge in [-0.1, -0.05) is 6.07 Å². The lowest BCUT2D eigenvalue weighted by Gasteiger charge is -2.15. The van der Waals surface area contributed by atoms with Gasteiger partial charge in [-0.15, -0.1) is 11.3 Å². The van der Waals surface area contributed by atoms with Crippen molar-refractivity contribution in [2.45, 2.75) is 6.04 Å². The predicted octanol–water partition coefficient (Wildman–Crippen LogP) is 2.82. The van der Waals surface area contributed by atoms with E-state index in [1.807, 2.05) is 29.6 Å². The Labute approximate surface area is 116 Å². The molecule has 2 N–H and O–H groups in total. The minimum atomic E-state index is -0.241. The lowest BCUT2D eigenvalue weighted by molar-refractivity contribution is 0.354. The summed E-state index contributed by atoms with van der Waals surface area (Å²) in [5.41, 5.74) is 7.24. The molecule has 0 fully saturated rings. The number of nitrogens with two attached hydrogens (primary N) is 1. The molecule has 102 valence electrons. The fourth-order valence-corrected chi connectivity index (χ4v) is 2.79. The molecule has 0 aliphatic heterocycles. The molecule has 19 heavy (non-hydrogen) atoms. The van der Waals surface area contributed by atoms with Crippen molar-refractivity contribution < 1.29 is 14.2 Å². The van der Waals surface area contributed by atoms with Crippen LogP contribution >= 0.6 is 11.3 Å². The number of rotatable bonds is 5. The fraction of sp³-hybridized carbons (Fsp3) is 0.286. The van der Waals surface area contributed by atoms with Crippen molar-refractivity contribution >= 4 is 11.3 Å². The highest BCUT2D eigenvalue weighted by molar-refractivity contribution is 7.10. The average Bonchev–Trinajstić information content (AvgIpc) is 2.94. The van der Waals surface area contributed by atoms with Gasteiger partial charge < -0.3 is 19.9 Å². The molecule has 0 spiro atoms. The van der Waals surface area contributed by atoms with Crippen LogP contribution in [0, 0.1) is 0 Å². The Bertz CT molecular complexity index is 553. The molecule has 0 saturated heterocycles. The first kappa shape index (κ1) is 13.7. The van der Waals surface area contributed by atoms with E-state index in [-0.39, 0.29) is 6.04 Å². The maximum Gasteiger partial charge on any atom is 0.161 e. The third-order valence-electron chi connectivity index (χ3n) is 2.93. The molecule has 5 heteroatoms. The summed E-state index contributed by atoms with van der Waals surface area (Å²) in [4.78, 5) is 0.995.